The van der Waals surface area contributed by atoms with Gasteiger partial charge in [0.15, 0.2) is 11.5 Å². The normalized spacial score (nSPS) is 19.4. The number of halogens is 1. The van der Waals surface area contributed by atoms with Crippen LogP contribution >= 0.6 is 11.6 Å². The van der Waals surface area contributed by atoms with Crippen LogP contribution in [0, 0.1) is 0 Å². The highest BCUT2D eigenvalue weighted by atomic mass is 35.5. The van der Waals surface area contributed by atoms with Gasteiger partial charge in [0.25, 0.3) is 0 Å². The summed E-state index contributed by atoms with van der Waals surface area (Å²) in [5, 5.41) is 3.39. The number of fused-ring (bicyclic) bond motifs is 1. The Morgan fingerprint density at radius 3 is 3.00 bits per heavy atom. The number of hydrogen-bond donors (Lipinski definition) is 1. The molecule has 0 saturated carbocycles. The van der Waals surface area contributed by atoms with E-state index in [1.807, 2.05) is 12.1 Å². The van der Waals surface area contributed by atoms with Crippen molar-refractivity contribution >= 4 is 17.5 Å². The average molecular weight is 297 g/mol. The second kappa shape index (κ2) is 5.89. The fraction of sp³-hybridized carbons (Fsp3) is 0.500. The summed E-state index contributed by atoms with van der Waals surface area (Å²) in [5.41, 5.74) is 1.04. The first-order chi connectivity index (χ1) is 9.72. The van der Waals surface area contributed by atoms with Crippen molar-refractivity contribution in [1.29, 1.82) is 0 Å². The number of piperazine rings is 1. The number of nitrogens with zero attached hydrogens (tertiary/aromatic N) is 1. The third kappa shape index (κ3) is 2.99. The summed E-state index contributed by atoms with van der Waals surface area (Å²) in [6.07, 6.45) is 0.854. The Balaban J connectivity index is 1.78. The van der Waals surface area contributed by atoms with E-state index in [1.165, 1.54) is 0 Å². The summed E-state index contributed by atoms with van der Waals surface area (Å²) < 4.78 is 11.3. The Morgan fingerprint density at radius 2 is 2.15 bits per heavy atom. The molecule has 5 nitrogen and oxygen atoms in total. The van der Waals surface area contributed by atoms with E-state index in [9.17, 15) is 4.79 Å². The minimum Gasteiger partial charge on any atom is -0.489 e. The maximum atomic E-state index is 11.4. The summed E-state index contributed by atoms with van der Waals surface area (Å²) in [7, 11) is 0. The molecule has 1 saturated heterocycles. The Bertz CT molecular complexity index is 521. The first kappa shape index (κ1) is 13.5. The molecule has 2 aliphatic heterocycles. The maximum absolute atomic E-state index is 11.4. The van der Waals surface area contributed by atoms with E-state index in [-0.39, 0.29) is 5.91 Å². The van der Waals surface area contributed by atoms with E-state index >= 15 is 0 Å². The van der Waals surface area contributed by atoms with Crippen LogP contribution in [-0.4, -0.2) is 43.7 Å². The van der Waals surface area contributed by atoms with E-state index in [0.717, 1.165) is 18.5 Å². The van der Waals surface area contributed by atoms with Crippen LogP contribution in [0.2, 0.25) is 5.02 Å². The van der Waals surface area contributed by atoms with E-state index in [4.69, 9.17) is 21.1 Å². The lowest BCUT2D eigenvalue weighted by molar-refractivity contribution is -0.124. The highest BCUT2D eigenvalue weighted by Gasteiger charge is 2.19. The van der Waals surface area contributed by atoms with Gasteiger partial charge in [0.1, 0.15) is 0 Å². The lowest BCUT2D eigenvalue weighted by atomic mass is 10.1. The SMILES string of the molecule is O=C1CN(Cc2cc(Cl)c3c(c2)OCCCO3)CCN1. The van der Waals surface area contributed by atoms with Crippen LogP contribution in [0.4, 0.5) is 0 Å². The molecule has 3 rings (SSSR count). The molecular formula is C14H17ClN2O3. The third-order valence-corrected chi connectivity index (χ3v) is 3.67. The molecule has 1 aromatic rings. The zero-order chi connectivity index (χ0) is 13.9. The molecular weight excluding hydrogens is 280 g/mol. The van der Waals surface area contributed by atoms with Crippen molar-refractivity contribution in [2.75, 3.05) is 32.8 Å². The molecule has 0 spiro atoms. The predicted molar refractivity (Wildman–Crippen MR) is 75.3 cm³/mol. The minimum absolute atomic E-state index is 0.0664. The highest BCUT2D eigenvalue weighted by molar-refractivity contribution is 6.32. The number of amides is 1. The lowest BCUT2D eigenvalue weighted by Gasteiger charge is -2.26. The second-order valence-electron chi connectivity index (χ2n) is 5.02. The molecule has 0 unspecified atom stereocenters. The Labute approximate surface area is 122 Å². The third-order valence-electron chi connectivity index (χ3n) is 3.39. The summed E-state index contributed by atoms with van der Waals surface area (Å²) in [5.74, 6) is 1.40. The molecule has 0 bridgehead atoms. The Hall–Kier alpha value is -1.46. The molecule has 0 aliphatic carbocycles. The second-order valence-corrected chi connectivity index (χ2v) is 5.42. The molecule has 1 amide bonds. The van der Waals surface area contributed by atoms with Crippen molar-refractivity contribution in [3.05, 3.63) is 22.7 Å². The van der Waals surface area contributed by atoms with E-state index < -0.39 is 0 Å². The van der Waals surface area contributed by atoms with Crippen LogP contribution in [0.3, 0.4) is 0 Å². The molecule has 108 valence electrons. The summed E-state index contributed by atoms with van der Waals surface area (Å²) in [6, 6.07) is 3.85. The lowest BCUT2D eigenvalue weighted by Crippen LogP contribution is -2.47. The first-order valence-electron chi connectivity index (χ1n) is 6.79. The van der Waals surface area contributed by atoms with Gasteiger partial charge in [-0.25, -0.2) is 0 Å². The van der Waals surface area contributed by atoms with E-state index in [0.29, 0.717) is 49.4 Å². The summed E-state index contributed by atoms with van der Waals surface area (Å²) >= 11 is 6.26. The number of benzene rings is 1. The smallest absolute Gasteiger partial charge is 0.234 e. The maximum Gasteiger partial charge on any atom is 0.234 e. The average Bonchev–Trinajstić information content (AvgIpc) is 2.64. The van der Waals surface area contributed by atoms with Gasteiger partial charge in [0, 0.05) is 26.1 Å². The van der Waals surface area contributed by atoms with Gasteiger partial charge in [-0.2, -0.15) is 0 Å². The van der Waals surface area contributed by atoms with Crippen molar-refractivity contribution in [3.63, 3.8) is 0 Å². The number of nitrogens with one attached hydrogen (secondary N) is 1. The number of carbonyl (C=O) groups excluding carboxylic acids is 1. The van der Waals surface area contributed by atoms with Gasteiger partial charge in [-0.15, -0.1) is 0 Å². The zero-order valence-corrected chi connectivity index (χ0v) is 11.9. The molecule has 1 N–H and O–H groups in total. The van der Waals surface area contributed by atoms with Gasteiger partial charge in [-0.1, -0.05) is 11.6 Å². The molecule has 0 radical (unpaired) electrons. The summed E-state index contributed by atoms with van der Waals surface area (Å²) in [4.78, 5) is 13.5. The fourth-order valence-corrected chi connectivity index (χ4v) is 2.75. The molecule has 2 heterocycles. The quantitative estimate of drug-likeness (QED) is 0.897. The molecule has 1 fully saturated rings. The number of ether oxygens (including phenoxy) is 2. The van der Waals surface area contributed by atoms with Crippen LogP contribution in [0.15, 0.2) is 12.1 Å². The van der Waals surface area contributed by atoms with Gasteiger partial charge in [-0.05, 0) is 17.7 Å². The van der Waals surface area contributed by atoms with Gasteiger partial charge in [-0.3, -0.25) is 9.69 Å². The first-order valence-corrected chi connectivity index (χ1v) is 7.17. The standard InChI is InChI=1S/C14H17ClN2O3/c15-11-6-10(8-17-3-2-16-13(18)9-17)7-12-14(11)20-5-1-4-19-12/h6-7H,1-5,8-9H2,(H,16,18). The van der Waals surface area contributed by atoms with Crippen molar-refractivity contribution in [3.8, 4) is 11.5 Å². The highest BCUT2D eigenvalue weighted by Crippen LogP contribution is 2.38. The van der Waals surface area contributed by atoms with E-state index in [2.05, 4.69) is 10.2 Å². The van der Waals surface area contributed by atoms with Gasteiger partial charge < -0.3 is 14.8 Å². The van der Waals surface area contributed by atoms with Crippen LogP contribution in [0.25, 0.3) is 0 Å². The predicted octanol–water partition coefficient (Wildman–Crippen LogP) is 1.43. The topological polar surface area (TPSA) is 50.8 Å². The van der Waals surface area contributed by atoms with Crippen molar-refractivity contribution < 1.29 is 14.3 Å². The molecule has 20 heavy (non-hydrogen) atoms. The van der Waals surface area contributed by atoms with Crippen molar-refractivity contribution in [2.24, 2.45) is 0 Å². The minimum atomic E-state index is 0.0664. The van der Waals surface area contributed by atoms with Crippen molar-refractivity contribution in [1.82, 2.24) is 10.2 Å². The monoisotopic (exact) mass is 296 g/mol. The van der Waals surface area contributed by atoms with Crippen LogP contribution < -0.4 is 14.8 Å². The zero-order valence-electron chi connectivity index (χ0n) is 11.2. The number of hydrogen-bond acceptors (Lipinski definition) is 4. The number of rotatable bonds is 2. The van der Waals surface area contributed by atoms with Gasteiger partial charge in [0.05, 0.1) is 24.8 Å². The summed E-state index contributed by atoms with van der Waals surface area (Å²) in [6.45, 7) is 3.90. The van der Waals surface area contributed by atoms with Crippen LogP contribution in [0.1, 0.15) is 12.0 Å². The van der Waals surface area contributed by atoms with Gasteiger partial charge in [0.2, 0.25) is 5.91 Å². The molecule has 0 atom stereocenters. The largest absolute Gasteiger partial charge is 0.489 e. The molecule has 0 aromatic heterocycles. The Kier molecular flexibility index (Phi) is 3.98. The Morgan fingerprint density at radius 1 is 1.30 bits per heavy atom. The van der Waals surface area contributed by atoms with E-state index in [1.54, 1.807) is 0 Å². The van der Waals surface area contributed by atoms with Crippen LogP contribution in [0.5, 0.6) is 11.5 Å². The van der Waals surface area contributed by atoms with Crippen LogP contribution in [-0.2, 0) is 11.3 Å². The van der Waals surface area contributed by atoms with Gasteiger partial charge >= 0.3 is 0 Å². The molecule has 6 heteroatoms. The molecule has 1 aromatic carbocycles. The fourth-order valence-electron chi connectivity index (χ4n) is 2.46. The number of carbonyl (C=O) groups is 1. The van der Waals surface area contributed by atoms with Crippen molar-refractivity contribution in [2.45, 2.75) is 13.0 Å². The molecule has 2 aliphatic rings.